The van der Waals surface area contributed by atoms with Crippen LogP contribution in [0, 0.1) is 27.7 Å². The standard InChI is InChI=1S/C34H42O4.C26H36O2/c1-7-33(37,8-2)19-18-27-14-15-29(20-24(27)5)34(9-3,10-4)30-16-17-31(25(6)21-30)38-23-26-12-11-13-28(22-26)32(35)36;1-7-25(28,8-2)16-15-21-11-12-22(17-19(21)5)26(9-3,10-4)23-13-14-24(27)20(6)18-23/h11-22,37H,7-10,23H2,1-6H3,(H,35,36);11-18,27-28H,7-10H2,1-6H3/b19-18+;16-15+. The van der Waals surface area contributed by atoms with Crippen LogP contribution in [0.25, 0.3) is 12.2 Å². The van der Waals surface area contributed by atoms with E-state index in [1.165, 1.54) is 33.4 Å². The number of carboxylic acid groups (broad SMARTS) is 1. The van der Waals surface area contributed by atoms with Gasteiger partial charge in [-0.05, 0) is 165 Å². The molecule has 0 amide bonds. The van der Waals surface area contributed by atoms with E-state index in [4.69, 9.17) is 4.74 Å². The molecule has 0 aliphatic rings. The Morgan fingerprint density at radius 2 is 0.924 bits per heavy atom. The largest absolute Gasteiger partial charge is 0.508 e. The Bertz CT molecular complexity index is 2440. The van der Waals surface area contributed by atoms with Gasteiger partial charge in [0.15, 0.2) is 0 Å². The molecule has 0 saturated carbocycles. The van der Waals surface area contributed by atoms with Gasteiger partial charge >= 0.3 is 5.97 Å². The maximum absolute atomic E-state index is 11.3. The normalized spacial score (nSPS) is 12.4. The maximum Gasteiger partial charge on any atom is 0.335 e. The predicted molar refractivity (Wildman–Crippen MR) is 276 cm³/mol. The SMILES string of the molecule is CCC(O)(/C=C/c1ccc(C(CC)(CC)c2ccc(O)c(C)c2)cc1C)CC.CCC(O)(/C=C/c1ccc(C(CC)(CC)c2ccc(OCc3cccc(C(=O)O)c3)c(C)c2)cc1C)CC. The average Bonchev–Trinajstić information content (AvgIpc) is 3.33. The van der Waals surface area contributed by atoms with E-state index in [-0.39, 0.29) is 16.4 Å². The van der Waals surface area contributed by atoms with Crippen LogP contribution in [-0.2, 0) is 17.4 Å². The first kappa shape index (κ1) is 53.2. The third-order valence-corrected chi connectivity index (χ3v) is 14.7. The predicted octanol–water partition coefficient (Wildman–Crippen LogP) is 14.9. The lowest BCUT2D eigenvalue weighted by Gasteiger charge is -2.34. The van der Waals surface area contributed by atoms with Crippen molar-refractivity contribution in [3.8, 4) is 11.5 Å². The Hall–Kier alpha value is -5.43. The summed E-state index contributed by atoms with van der Waals surface area (Å²) in [5, 5.41) is 40.4. The Kier molecular flexibility index (Phi) is 18.8. The minimum Gasteiger partial charge on any atom is -0.508 e. The summed E-state index contributed by atoms with van der Waals surface area (Å²) in [5.41, 5.74) is 11.1. The number of aromatic carboxylic acids is 1. The molecule has 0 heterocycles. The van der Waals surface area contributed by atoms with Gasteiger partial charge in [-0.1, -0.05) is 152 Å². The van der Waals surface area contributed by atoms with E-state index in [1.807, 2.05) is 71.0 Å². The molecule has 0 unspecified atom stereocenters. The van der Waals surface area contributed by atoms with Gasteiger partial charge in [0.1, 0.15) is 18.1 Å². The lowest BCUT2D eigenvalue weighted by molar-refractivity contribution is 0.0696. The Balaban J connectivity index is 0.000000302. The number of rotatable bonds is 20. The van der Waals surface area contributed by atoms with Gasteiger partial charge in [0, 0.05) is 10.8 Å². The molecule has 0 aliphatic heterocycles. The van der Waals surface area contributed by atoms with Crippen LogP contribution < -0.4 is 4.74 Å². The van der Waals surface area contributed by atoms with Gasteiger partial charge in [-0.15, -0.1) is 0 Å². The minimum atomic E-state index is -0.939. The van der Waals surface area contributed by atoms with Crippen molar-refractivity contribution in [2.75, 3.05) is 0 Å². The summed E-state index contributed by atoms with van der Waals surface area (Å²) in [4.78, 5) is 11.3. The molecule has 5 aromatic rings. The molecule has 0 fully saturated rings. The number of phenols is 1. The Labute approximate surface area is 397 Å². The molecule has 0 atom stereocenters. The van der Waals surface area contributed by atoms with Crippen molar-refractivity contribution in [1.82, 2.24) is 0 Å². The number of aliphatic hydroxyl groups is 2. The van der Waals surface area contributed by atoms with Crippen LogP contribution in [0.5, 0.6) is 11.5 Å². The van der Waals surface area contributed by atoms with Crippen molar-refractivity contribution in [1.29, 1.82) is 0 Å². The van der Waals surface area contributed by atoms with Crippen molar-refractivity contribution >= 4 is 18.1 Å². The second-order valence-corrected chi connectivity index (χ2v) is 18.3. The third kappa shape index (κ3) is 12.3. The molecule has 4 N–H and O–H groups in total. The van der Waals surface area contributed by atoms with Crippen molar-refractivity contribution < 1.29 is 30.0 Å². The van der Waals surface area contributed by atoms with Gasteiger partial charge in [-0.3, -0.25) is 0 Å². The Morgan fingerprint density at radius 3 is 1.30 bits per heavy atom. The molecule has 5 aromatic carbocycles. The van der Waals surface area contributed by atoms with Crippen LogP contribution in [0.4, 0.5) is 0 Å². The van der Waals surface area contributed by atoms with Gasteiger partial charge in [-0.2, -0.15) is 0 Å². The summed E-state index contributed by atoms with van der Waals surface area (Å²) in [6.07, 6.45) is 14.7. The number of hydrogen-bond donors (Lipinski definition) is 4. The first-order valence-corrected chi connectivity index (χ1v) is 24.3. The van der Waals surface area contributed by atoms with Crippen molar-refractivity contribution in [2.24, 2.45) is 0 Å². The summed E-state index contributed by atoms with van der Waals surface area (Å²) in [5.74, 6) is 0.206. The molecule has 0 radical (unpaired) electrons. The molecule has 66 heavy (non-hydrogen) atoms. The molecule has 6 heteroatoms. The van der Waals surface area contributed by atoms with E-state index in [9.17, 15) is 25.2 Å². The molecule has 0 saturated heterocycles. The van der Waals surface area contributed by atoms with E-state index >= 15 is 0 Å². The zero-order chi connectivity index (χ0) is 48.9. The number of carbonyl (C=O) groups is 1. The summed E-state index contributed by atoms with van der Waals surface area (Å²) in [6, 6.07) is 32.6. The molecule has 354 valence electrons. The summed E-state index contributed by atoms with van der Waals surface area (Å²) >= 11 is 0. The summed E-state index contributed by atoms with van der Waals surface area (Å²) in [6.45, 7) is 25.6. The molecule has 0 spiro atoms. The van der Waals surface area contributed by atoms with Gasteiger partial charge in [0.25, 0.3) is 0 Å². The van der Waals surface area contributed by atoms with Gasteiger partial charge < -0.3 is 25.2 Å². The maximum atomic E-state index is 11.3. The highest BCUT2D eigenvalue weighted by Crippen LogP contribution is 2.43. The number of benzene rings is 5. The second kappa shape index (κ2) is 23.3. The highest BCUT2D eigenvalue weighted by atomic mass is 16.5. The fraction of sp³-hybridized carbons (Fsp3) is 0.417. The number of hydrogen-bond acceptors (Lipinski definition) is 5. The first-order chi connectivity index (χ1) is 31.4. The van der Waals surface area contributed by atoms with Gasteiger partial charge in [0.2, 0.25) is 0 Å². The number of ether oxygens (including phenoxy) is 1. The smallest absolute Gasteiger partial charge is 0.335 e. The van der Waals surface area contributed by atoms with E-state index < -0.39 is 17.2 Å². The summed E-state index contributed by atoms with van der Waals surface area (Å²) in [7, 11) is 0. The average molecular weight is 895 g/mol. The molecule has 5 rings (SSSR count). The van der Waals surface area contributed by atoms with Crippen molar-refractivity contribution in [3.63, 3.8) is 0 Å². The first-order valence-electron chi connectivity index (χ1n) is 24.3. The molecule has 0 bridgehead atoms. The second-order valence-electron chi connectivity index (χ2n) is 18.3. The fourth-order valence-corrected chi connectivity index (χ4v) is 9.27. The number of aryl methyl sites for hydroxylation is 4. The quantitative estimate of drug-likeness (QED) is 0.0620. The lowest BCUT2D eigenvalue weighted by Crippen LogP contribution is -2.26. The molecular weight excluding hydrogens is 817 g/mol. The minimum absolute atomic E-state index is 0.0704. The fourth-order valence-electron chi connectivity index (χ4n) is 9.27. The van der Waals surface area contributed by atoms with Crippen LogP contribution in [0.15, 0.2) is 109 Å². The zero-order valence-electron chi connectivity index (χ0n) is 42.0. The molecule has 6 nitrogen and oxygen atoms in total. The van der Waals surface area contributed by atoms with Gasteiger partial charge in [-0.25, -0.2) is 4.79 Å². The van der Waals surface area contributed by atoms with Crippen LogP contribution in [0.2, 0.25) is 0 Å². The van der Waals surface area contributed by atoms with Crippen LogP contribution in [-0.4, -0.2) is 37.6 Å². The van der Waals surface area contributed by atoms with Crippen molar-refractivity contribution in [3.05, 3.63) is 176 Å². The van der Waals surface area contributed by atoms with E-state index in [2.05, 4.69) is 115 Å². The van der Waals surface area contributed by atoms with E-state index in [0.717, 1.165) is 59.3 Å². The zero-order valence-corrected chi connectivity index (χ0v) is 42.0. The topological polar surface area (TPSA) is 107 Å². The lowest BCUT2D eigenvalue weighted by atomic mass is 9.70. The number of aromatic hydroxyl groups is 1. The molecule has 0 aromatic heterocycles. The van der Waals surface area contributed by atoms with Crippen LogP contribution in [0.1, 0.15) is 178 Å². The molecular formula is C60H78O6. The van der Waals surface area contributed by atoms with Crippen LogP contribution in [0.3, 0.4) is 0 Å². The number of phenolic OH excluding ortho intramolecular Hbond substituents is 1. The highest BCUT2D eigenvalue weighted by molar-refractivity contribution is 5.87. The number of carboxylic acids is 1. The summed E-state index contributed by atoms with van der Waals surface area (Å²) < 4.78 is 6.08. The Morgan fingerprint density at radius 1 is 0.515 bits per heavy atom. The monoisotopic (exact) mass is 895 g/mol. The molecule has 0 aliphatic carbocycles. The van der Waals surface area contributed by atoms with Gasteiger partial charge in [0.05, 0.1) is 16.8 Å². The van der Waals surface area contributed by atoms with Crippen LogP contribution >= 0.6 is 0 Å². The van der Waals surface area contributed by atoms with E-state index in [0.29, 0.717) is 38.0 Å². The van der Waals surface area contributed by atoms with E-state index in [1.54, 1.807) is 18.2 Å². The highest BCUT2D eigenvalue weighted by Gasteiger charge is 2.33. The third-order valence-electron chi connectivity index (χ3n) is 14.7. The van der Waals surface area contributed by atoms with Crippen molar-refractivity contribution in [2.45, 2.75) is 163 Å².